The predicted molar refractivity (Wildman–Crippen MR) is 118 cm³/mol. The van der Waals surface area contributed by atoms with Gasteiger partial charge in [-0.3, -0.25) is 4.79 Å². The molecule has 0 saturated heterocycles. The molecule has 1 amide bonds. The molecule has 0 saturated carbocycles. The van der Waals surface area contributed by atoms with Crippen LogP contribution in [0, 0.1) is 0 Å². The summed E-state index contributed by atoms with van der Waals surface area (Å²) in [5.74, 6) is -0.314. The number of carbonyl (C=O) groups is 1. The molecule has 0 atom stereocenters. The molecule has 140 valence electrons. The highest BCUT2D eigenvalue weighted by Gasteiger charge is 2.25. The van der Waals surface area contributed by atoms with E-state index in [0.717, 1.165) is 38.2 Å². The summed E-state index contributed by atoms with van der Waals surface area (Å²) in [6.07, 6.45) is 0. The van der Waals surface area contributed by atoms with Gasteiger partial charge in [0, 0.05) is 10.9 Å². The maximum Gasteiger partial charge on any atom is 0.260 e. The van der Waals surface area contributed by atoms with E-state index in [1.807, 2.05) is 36.4 Å². The Morgan fingerprint density at radius 3 is 2.07 bits per heavy atom. The molecule has 0 aliphatic rings. The molecule has 0 aliphatic heterocycles. The number of primary amides is 1. The van der Waals surface area contributed by atoms with E-state index in [9.17, 15) is 4.79 Å². The summed E-state index contributed by atoms with van der Waals surface area (Å²) in [6, 6.07) is 20.2. The van der Waals surface area contributed by atoms with Crippen molar-refractivity contribution in [1.29, 1.82) is 0 Å². The minimum atomic E-state index is -0.521. The normalized spacial score (nSPS) is 11.2. The molecule has 0 radical (unpaired) electrons. The number of anilines is 1. The molecule has 2 aromatic heterocycles. The number of fused-ring (bicyclic) bond motifs is 1. The molecule has 2 aromatic carbocycles. The van der Waals surface area contributed by atoms with Gasteiger partial charge in [-0.25, -0.2) is 4.98 Å². The van der Waals surface area contributed by atoms with Crippen LogP contribution in [-0.2, 0) is 0 Å². The molecule has 0 bridgehead atoms. The highest BCUT2D eigenvalue weighted by Crippen LogP contribution is 2.46. The molecule has 5 heteroatoms. The monoisotopic (exact) mass is 387 g/mol. The summed E-state index contributed by atoms with van der Waals surface area (Å²) in [5, 5.41) is 0.813. The Hall–Kier alpha value is -3.18. The van der Waals surface area contributed by atoms with Gasteiger partial charge in [0.2, 0.25) is 0 Å². The van der Waals surface area contributed by atoms with Crippen molar-refractivity contribution >= 4 is 33.1 Å². The van der Waals surface area contributed by atoms with Crippen LogP contribution < -0.4 is 11.5 Å². The van der Waals surface area contributed by atoms with Gasteiger partial charge in [-0.2, -0.15) is 0 Å². The Labute approximate surface area is 167 Å². The number of aromatic nitrogens is 1. The molecule has 0 unspecified atom stereocenters. The van der Waals surface area contributed by atoms with Crippen LogP contribution in [0.25, 0.3) is 32.6 Å². The maximum atomic E-state index is 11.9. The quantitative estimate of drug-likeness (QED) is 0.489. The van der Waals surface area contributed by atoms with Gasteiger partial charge in [0.1, 0.15) is 9.71 Å². The molecule has 0 spiro atoms. The van der Waals surface area contributed by atoms with Crippen LogP contribution in [0.3, 0.4) is 0 Å². The van der Waals surface area contributed by atoms with Crippen molar-refractivity contribution in [1.82, 2.24) is 4.98 Å². The van der Waals surface area contributed by atoms with Crippen LogP contribution >= 0.6 is 11.3 Å². The van der Waals surface area contributed by atoms with Crippen LogP contribution in [0.5, 0.6) is 0 Å². The van der Waals surface area contributed by atoms with E-state index in [1.54, 1.807) is 0 Å². The average Bonchev–Trinajstić information content (AvgIpc) is 3.04. The molecular formula is C23H21N3OS. The first-order valence-electron chi connectivity index (χ1n) is 9.15. The number of pyridine rings is 1. The van der Waals surface area contributed by atoms with E-state index in [0.29, 0.717) is 10.6 Å². The average molecular weight is 388 g/mol. The lowest BCUT2D eigenvalue weighted by Gasteiger charge is -2.19. The lowest BCUT2D eigenvalue weighted by atomic mass is 9.87. The second-order valence-corrected chi connectivity index (χ2v) is 8.02. The maximum absolute atomic E-state index is 11.9. The van der Waals surface area contributed by atoms with Crippen molar-refractivity contribution in [2.45, 2.75) is 19.8 Å². The number of nitrogens with zero attached hydrogens (tertiary/aromatic N) is 1. The number of thiophene rings is 1. The number of amides is 1. The zero-order valence-corrected chi connectivity index (χ0v) is 16.6. The largest absolute Gasteiger partial charge is 0.397 e. The molecule has 2 heterocycles. The molecule has 0 aliphatic carbocycles. The standard InChI is InChI=1S/C23H21N3OS/c1-13(2)16-17(14-9-5-3-6-10-14)18-19(24)21(22(25)27)28-23(18)26-20(16)15-11-7-4-8-12-15/h3-13H,24H2,1-2H3,(H2,25,27). The Morgan fingerprint density at radius 1 is 0.964 bits per heavy atom. The highest BCUT2D eigenvalue weighted by molar-refractivity contribution is 7.21. The van der Waals surface area contributed by atoms with Gasteiger partial charge in [0.25, 0.3) is 5.91 Å². The van der Waals surface area contributed by atoms with Crippen molar-refractivity contribution in [3.63, 3.8) is 0 Å². The van der Waals surface area contributed by atoms with E-state index >= 15 is 0 Å². The van der Waals surface area contributed by atoms with E-state index in [-0.39, 0.29) is 5.92 Å². The molecule has 28 heavy (non-hydrogen) atoms. The number of hydrogen-bond acceptors (Lipinski definition) is 4. The van der Waals surface area contributed by atoms with Gasteiger partial charge in [0.15, 0.2) is 0 Å². The zero-order chi connectivity index (χ0) is 19.8. The smallest absolute Gasteiger partial charge is 0.260 e. The Balaban J connectivity index is 2.21. The Morgan fingerprint density at radius 2 is 1.54 bits per heavy atom. The fraction of sp³-hybridized carbons (Fsp3) is 0.130. The van der Waals surface area contributed by atoms with E-state index in [1.165, 1.54) is 11.3 Å². The molecule has 4 nitrogen and oxygen atoms in total. The summed E-state index contributed by atoms with van der Waals surface area (Å²) < 4.78 is 0. The molecule has 4 rings (SSSR count). The molecular weight excluding hydrogens is 366 g/mol. The summed E-state index contributed by atoms with van der Waals surface area (Å²) in [7, 11) is 0. The summed E-state index contributed by atoms with van der Waals surface area (Å²) in [5.41, 5.74) is 17.6. The topological polar surface area (TPSA) is 82.0 Å². The second kappa shape index (κ2) is 7.09. The third-order valence-corrected chi connectivity index (χ3v) is 5.94. The van der Waals surface area contributed by atoms with Crippen molar-refractivity contribution in [3.8, 4) is 22.4 Å². The molecule has 4 aromatic rings. The van der Waals surface area contributed by atoms with Gasteiger partial charge >= 0.3 is 0 Å². The molecule has 4 N–H and O–H groups in total. The van der Waals surface area contributed by atoms with Gasteiger partial charge < -0.3 is 11.5 Å². The molecule has 0 fully saturated rings. The van der Waals surface area contributed by atoms with Crippen molar-refractivity contribution in [2.75, 3.05) is 5.73 Å². The number of hydrogen-bond donors (Lipinski definition) is 2. The SMILES string of the molecule is CC(C)c1c(-c2ccccc2)nc2sc(C(N)=O)c(N)c2c1-c1ccccc1. The van der Waals surface area contributed by atoms with Crippen LogP contribution in [0.4, 0.5) is 5.69 Å². The lowest BCUT2D eigenvalue weighted by Crippen LogP contribution is -2.10. The van der Waals surface area contributed by atoms with Crippen LogP contribution in [-0.4, -0.2) is 10.9 Å². The summed E-state index contributed by atoms with van der Waals surface area (Å²) in [6.45, 7) is 4.30. The number of carbonyl (C=O) groups excluding carboxylic acids is 1. The van der Waals surface area contributed by atoms with E-state index in [2.05, 4.69) is 38.1 Å². The fourth-order valence-corrected chi connectivity index (χ4v) is 4.59. The van der Waals surface area contributed by atoms with E-state index < -0.39 is 5.91 Å². The van der Waals surface area contributed by atoms with Crippen molar-refractivity contribution < 1.29 is 4.79 Å². The number of nitrogen functional groups attached to an aromatic ring is 1. The number of rotatable bonds is 4. The van der Waals surface area contributed by atoms with Gasteiger partial charge in [0.05, 0.1) is 11.4 Å². The van der Waals surface area contributed by atoms with Crippen molar-refractivity contribution in [3.05, 3.63) is 71.1 Å². The number of nitrogens with two attached hydrogens (primary N) is 2. The first kappa shape index (κ1) is 18.2. The Bertz CT molecular complexity index is 1170. The zero-order valence-electron chi connectivity index (χ0n) is 15.8. The Kier molecular flexibility index (Phi) is 4.61. The highest BCUT2D eigenvalue weighted by atomic mass is 32.1. The van der Waals surface area contributed by atoms with Crippen LogP contribution in [0.2, 0.25) is 0 Å². The lowest BCUT2D eigenvalue weighted by molar-refractivity contribution is 0.100. The van der Waals surface area contributed by atoms with Crippen LogP contribution in [0.1, 0.15) is 35.0 Å². The van der Waals surface area contributed by atoms with Gasteiger partial charge in [-0.15, -0.1) is 11.3 Å². The summed E-state index contributed by atoms with van der Waals surface area (Å²) in [4.78, 5) is 18.0. The second-order valence-electron chi connectivity index (χ2n) is 7.03. The minimum Gasteiger partial charge on any atom is -0.397 e. The van der Waals surface area contributed by atoms with Crippen LogP contribution in [0.15, 0.2) is 60.7 Å². The van der Waals surface area contributed by atoms with Crippen molar-refractivity contribution in [2.24, 2.45) is 5.73 Å². The first-order chi connectivity index (χ1) is 13.5. The summed E-state index contributed by atoms with van der Waals surface area (Å²) >= 11 is 1.26. The minimum absolute atomic E-state index is 0.207. The first-order valence-corrected chi connectivity index (χ1v) is 9.97. The fourth-order valence-electron chi connectivity index (χ4n) is 3.63. The van der Waals surface area contributed by atoms with Gasteiger partial charge in [-0.1, -0.05) is 74.5 Å². The van der Waals surface area contributed by atoms with Gasteiger partial charge in [-0.05, 0) is 22.6 Å². The third-order valence-electron chi connectivity index (χ3n) is 4.83. The predicted octanol–water partition coefficient (Wildman–Crippen LogP) is 5.43. The van der Waals surface area contributed by atoms with E-state index in [4.69, 9.17) is 16.5 Å². The number of benzene rings is 2. The third kappa shape index (κ3) is 2.94.